The van der Waals surface area contributed by atoms with Crippen molar-refractivity contribution in [2.45, 2.75) is 68.3 Å². The van der Waals surface area contributed by atoms with E-state index in [1.807, 2.05) is 0 Å². The Kier molecular flexibility index (Phi) is 8.51. The molecule has 17 heteroatoms. The second-order valence-corrected chi connectivity index (χ2v) is 10.4. The minimum absolute atomic E-state index is 0.0935. The molecule has 1 aromatic heterocycles. The molecule has 11 N–H and O–H groups in total. The molecule has 3 aromatic rings. The minimum atomic E-state index is -1.91. The average Bonchev–Trinajstić information content (AvgIpc) is 2.99. The second-order valence-electron chi connectivity index (χ2n) is 10.4. The van der Waals surface area contributed by atoms with Gasteiger partial charge in [-0.05, 0) is 25.1 Å². The van der Waals surface area contributed by atoms with E-state index in [4.69, 9.17) is 23.4 Å². The molecule has 240 valence electrons. The van der Waals surface area contributed by atoms with Crippen molar-refractivity contribution in [3.63, 3.8) is 0 Å². The summed E-state index contributed by atoms with van der Waals surface area (Å²) in [6.45, 7) is 0.593. The highest BCUT2D eigenvalue weighted by molar-refractivity contribution is 5.93. The lowest BCUT2D eigenvalue weighted by atomic mass is 9.97. The van der Waals surface area contributed by atoms with Gasteiger partial charge in [-0.2, -0.15) is 0 Å². The summed E-state index contributed by atoms with van der Waals surface area (Å²) in [5.74, 6) is -5.01. The largest absolute Gasteiger partial charge is 0.507 e. The first kappa shape index (κ1) is 31.5. The third-order valence-electron chi connectivity index (χ3n) is 7.46. The van der Waals surface area contributed by atoms with Crippen LogP contribution in [0.3, 0.4) is 0 Å². The minimum Gasteiger partial charge on any atom is -0.507 e. The number of rotatable bonds is 6. The predicted molar refractivity (Wildman–Crippen MR) is 142 cm³/mol. The van der Waals surface area contributed by atoms with Crippen LogP contribution in [0, 0.1) is 0 Å². The Morgan fingerprint density at radius 2 is 1.48 bits per heavy atom. The van der Waals surface area contributed by atoms with Gasteiger partial charge in [0.25, 0.3) is 0 Å². The highest BCUT2D eigenvalue weighted by atomic mass is 16.7. The Labute approximate surface area is 246 Å². The molecular weight excluding hydrogens is 596 g/mol. The lowest BCUT2D eigenvalue weighted by Gasteiger charge is -2.45. The van der Waals surface area contributed by atoms with Gasteiger partial charge >= 0.3 is 0 Å². The topological polar surface area (TPSA) is 290 Å². The van der Waals surface area contributed by atoms with Crippen LogP contribution in [-0.4, -0.2) is 124 Å². The zero-order valence-corrected chi connectivity index (χ0v) is 22.7. The number of fused-ring (bicyclic) bond motifs is 1. The fraction of sp³-hybridized carbons (Fsp3) is 0.444. The van der Waals surface area contributed by atoms with Crippen molar-refractivity contribution in [3.8, 4) is 45.8 Å². The van der Waals surface area contributed by atoms with Crippen molar-refractivity contribution >= 4 is 11.0 Å². The molecule has 0 radical (unpaired) electrons. The van der Waals surface area contributed by atoms with Crippen LogP contribution in [-0.2, 0) is 14.2 Å². The third-order valence-corrected chi connectivity index (χ3v) is 7.46. The first-order valence-electron chi connectivity index (χ1n) is 13.2. The molecule has 0 spiro atoms. The molecule has 5 rings (SSSR count). The quantitative estimate of drug-likeness (QED) is 0.104. The zero-order valence-electron chi connectivity index (χ0n) is 22.7. The lowest BCUT2D eigenvalue weighted by Crippen LogP contribution is -2.64. The smallest absolute Gasteiger partial charge is 0.238 e. The summed E-state index contributed by atoms with van der Waals surface area (Å²) in [4.78, 5) is 12.9. The van der Waals surface area contributed by atoms with E-state index in [1.54, 1.807) is 0 Å². The number of aliphatic hydroxyl groups excluding tert-OH is 6. The summed E-state index contributed by atoms with van der Waals surface area (Å²) in [6.07, 6.45) is -16.5. The van der Waals surface area contributed by atoms with Crippen molar-refractivity contribution < 1.29 is 79.5 Å². The number of ether oxygens (including phenoxy) is 4. The summed E-state index contributed by atoms with van der Waals surface area (Å²) >= 11 is 0. The molecule has 2 aliphatic heterocycles. The van der Waals surface area contributed by atoms with Crippen molar-refractivity contribution in [3.05, 3.63) is 34.5 Å². The predicted octanol–water partition coefficient (Wildman–Crippen LogP) is -1.98. The Bertz CT molecular complexity index is 1590. The second kappa shape index (κ2) is 11.9. The molecule has 44 heavy (non-hydrogen) atoms. The normalized spacial score (nSPS) is 32.5. The molecule has 0 saturated carbocycles. The molecule has 0 amide bonds. The van der Waals surface area contributed by atoms with E-state index < -0.39 is 125 Å². The van der Waals surface area contributed by atoms with Gasteiger partial charge in [-0.15, -0.1) is 0 Å². The molecule has 0 bridgehead atoms. The summed E-state index contributed by atoms with van der Waals surface area (Å²) in [7, 11) is 0. The fourth-order valence-corrected chi connectivity index (χ4v) is 4.97. The molecular formula is C27H30O17. The van der Waals surface area contributed by atoms with Crippen LogP contribution >= 0.6 is 0 Å². The Morgan fingerprint density at radius 1 is 0.773 bits per heavy atom. The number of benzene rings is 2. The third kappa shape index (κ3) is 5.34. The van der Waals surface area contributed by atoms with Crippen LogP contribution in [0.25, 0.3) is 22.3 Å². The van der Waals surface area contributed by atoms with Crippen molar-refractivity contribution in [2.24, 2.45) is 0 Å². The molecule has 2 saturated heterocycles. The van der Waals surface area contributed by atoms with E-state index in [2.05, 4.69) is 0 Å². The monoisotopic (exact) mass is 626 g/mol. The molecule has 3 heterocycles. The van der Waals surface area contributed by atoms with E-state index in [-0.39, 0.29) is 5.56 Å². The van der Waals surface area contributed by atoms with Crippen LogP contribution in [0.1, 0.15) is 6.92 Å². The molecule has 2 aliphatic rings. The van der Waals surface area contributed by atoms with Crippen LogP contribution < -0.4 is 10.2 Å². The van der Waals surface area contributed by atoms with Crippen molar-refractivity contribution in [2.75, 3.05) is 6.61 Å². The van der Waals surface area contributed by atoms with Gasteiger partial charge in [0.1, 0.15) is 53.9 Å². The van der Waals surface area contributed by atoms with Gasteiger partial charge in [-0.25, -0.2) is 0 Å². The first-order chi connectivity index (χ1) is 20.7. The van der Waals surface area contributed by atoms with Crippen LogP contribution in [0.15, 0.2) is 33.5 Å². The molecule has 2 fully saturated rings. The average molecular weight is 627 g/mol. The zero-order chi connectivity index (χ0) is 32.2. The summed E-state index contributed by atoms with van der Waals surface area (Å²) in [5.41, 5.74) is -1.95. The molecule has 2 aromatic carbocycles. The molecule has 0 aliphatic carbocycles. The maximum absolute atomic E-state index is 12.9. The number of hydrogen-bond donors (Lipinski definition) is 11. The SMILES string of the molecule is C[C@H]1O[C@@H](Oc2cc(O)c3c(=O)c(O)c(-c4ccc(O)c(O)c4)oc3c2O)[C@H](O)[C@@H](O[C@@H]2O[C@H](CO)[C@@H](O)[C@H](O)[C@H]2O)[C@H]1O. The maximum atomic E-state index is 12.9. The fourth-order valence-electron chi connectivity index (χ4n) is 4.97. The van der Waals surface area contributed by atoms with E-state index in [1.165, 1.54) is 13.0 Å². The number of aliphatic hydroxyl groups is 6. The van der Waals surface area contributed by atoms with Crippen molar-refractivity contribution in [1.82, 2.24) is 0 Å². The van der Waals surface area contributed by atoms with Gasteiger partial charge in [0.05, 0.1) is 12.7 Å². The molecule has 10 atom stereocenters. The molecule has 0 unspecified atom stereocenters. The van der Waals surface area contributed by atoms with Gasteiger partial charge in [-0.3, -0.25) is 4.79 Å². The van der Waals surface area contributed by atoms with Gasteiger partial charge in [0.15, 0.2) is 34.9 Å². The summed E-state index contributed by atoms with van der Waals surface area (Å²) in [5, 5.41) is 112. The Balaban J connectivity index is 1.47. The van der Waals surface area contributed by atoms with Gasteiger partial charge in [0.2, 0.25) is 23.2 Å². The highest BCUT2D eigenvalue weighted by Gasteiger charge is 2.50. The van der Waals surface area contributed by atoms with E-state index in [9.17, 15) is 61.0 Å². The van der Waals surface area contributed by atoms with Crippen LogP contribution in [0.4, 0.5) is 0 Å². The number of phenols is 4. The van der Waals surface area contributed by atoms with E-state index in [0.29, 0.717) is 0 Å². The van der Waals surface area contributed by atoms with Crippen LogP contribution in [0.5, 0.6) is 34.5 Å². The lowest BCUT2D eigenvalue weighted by molar-refractivity contribution is -0.350. The number of hydrogen-bond acceptors (Lipinski definition) is 17. The van der Waals surface area contributed by atoms with E-state index in [0.717, 1.165) is 18.2 Å². The number of phenolic OH excluding ortho intramolecular Hbond substituents is 4. The van der Waals surface area contributed by atoms with Gasteiger partial charge in [0, 0.05) is 11.6 Å². The number of aromatic hydroxyl groups is 5. The molecule has 17 nitrogen and oxygen atoms in total. The summed E-state index contributed by atoms with van der Waals surface area (Å²) in [6, 6.07) is 3.96. The highest BCUT2D eigenvalue weighted by Crippen LogP contribution is 2.44. The standard InChI is InChI=1S/C27H30O17/c1-7-15(32)25(44-26-21(38)19(36)16(33)13(6-28)42-26)22(39)27(40-7)41-12-5-11(31)14-18(35)20(37)23(43-24(14)17(12)34)8-2-3-9(29)10(30)4-8/h2-5,7,13,15-16,19,21-22,25-34,36-39H,6H2,1H3/t7-,13-,15+,16-,19+,21-,22-,25+,26+,27+/m1/s1. The van der Waals surface area contributed by atoms with Crippen LogP contribution in [0.2, 0.25) is 0 Å². The first-order valence-corrected chi connectivity index (χ1v) is 13.2. The van der Waals surface area contributed by atoms with Gasteiger partial charge < -0.3 is 79.5 Å². The summed E-state index contributed by atoms with van der Waals surface area (Å²) < 4.78 is 27.4. The maximum Gasteiger partial charge on any atom is 0.238 e. The van der Waals surface area contributed by atoms with Crippen molar-refractivity contribution in [1.29, 1.82) is 0 Å². The Hall–Kier alpha value is -3.91. The van der Waals surface area contributed by atoms with Gasteiger partial charge in [-0.1, -0.05) is 0 Å². The van der Waals surface area contributed by atoms with E-state index >= 15 is 0 Å². The Morgan fingerprint density at radius 3 is 2.14 bits per heavy atom.